The SMILES string of the molecule is CC(C)c1cccc(C(C)C)c1N1C=CN(c2c(C(C)C)cccc2C(C)C)[CH-]1.[Cl][Au]. The van der Waals surface area contributed by atoms with Crippen LogP contribution >= 0.6 is 9.19 Å². The van der Waals surface area contributed by atoms with E-state index in [2.05, 4.69) is 130 Å². The van der Waals surface area contributed by atoms with Crippen LogP contribution in [-0.2, 0) is 20.0 Å². The summed E-state index contributed by atoms with van der Waals surface area (Å²) >= 11 is 1.75. The third-order valence-corrected chi connectivity index (χ3v) is 5.84. The fraction of sp³-hybridized carbons (Fsp3) is 0.444. The molecule has 1 aliphatic rings. The van der Waals surface area contributed by atoms with E-state index in [9.17, 15) is 0 Å². The molecular formula is C27H37AuClN2-. The van der Waals surface area contributed by atoms with Crippen LogP contribution in [0.25, 0.3) is 0 Å². The number of hydrogen-bond acceptors (Lipinski definition) is 2. The van der Waals surface area contributed by atoms with Crippen molar-refractivity contribution in [1.82, 2.24) is 0 Å². The fourth-order valence-electron chi connectivity index (χ4n) is 4.24. The molecule has 0 bridgehead atoms. The number of hydrogen-bond donors (Lipinski definition) is 0. The number of anilines is 2. The fourth-order valence-corrected chi connectivity index (χ4v) is 4.24. The molecule has 0 atom stereocenters. The molecule has 2 nitrogen and oxygen atoms in total. The Morgan fingerprint density at radius 3 is 1.06 bits per heavy atom. The summed E-state index contributed by atoms with van der Waals surface area (Å²) in [4.78, 5) is 4.65. The first kappa shape index (κ1) is 26.1. The zero-order valence-electron chi connectivity index (χ0n) is 20.1. The molecule has 0 spiro atoms. The van der Waals surface area contributed by atoms with Crippen LogP contribution in [0, 0.1) is 6.67 Å². The average molecular weight is 622 g/mol. The van der Waals surface area contributed by atoms with Crippen molar-refractivity contribution in [1.29, 1.82) is 0 Å². The number of rotatable bonds is 6. The van der Waals surface area contributed by atoms with Crippen molar-refractivity contribution in [3.63, 3.8) is 0 Å². The second-order valence-corrected chi connectivity index (χ2v) is 9.42. The molecule has 2 aromatic carbocycles. The second-order valence-electron chi connectivity index (χ2n) is 9.42. The normalized spacial score (nSPS) is 13.6. The van der Waals surface area contributed by atoms with Gasteiger partial charge in [0, 0.05) is 11.4 Å². The van der Waals surface area contributed by atoms with E-state index in [4.69, 9.17) is 0 Å². The number of nitrogens with zero attached hydrogens (tertiary/aromatic N) is 2. The van der Waals surface area contributed by atoms with Crippen molar-refractivity contribution in [3.05, 3.63) is 77.7 Å². The summed E-state index contributed by atoms with van der Waals surface area (Å²) in [5.41, 5.74) is 8.29. The molecule has 0 N–H and O–H groups in total. The molecule has 0 fully saturated rings. The third-order valence-electron chi connectivity index (χ3n) is 5.84. The topological polar surface area (TPSA) is 6.48 Å². The molecule has 0 aliphatic carbocycles. The van der Waals surface area contributed by atoms with Crippen LogP contribution in [0.4, 0.5) is 11.4 Å². The molecule has 4 heteroatoms. The Bertz CT molecular complexity index is 763. The van der Waals surface area contributed by atoms with Crippen molar-refractivity contribution in [2.45, 2.75) is 79.1 Å². The molecule has 3 rings (SSSR count). The number of benzene rings is 2. The first-order chi connectivity index (χ1) is 14.7. The van der Waals surface area contributed by atoms with E-state index in [1.165, 1.54) is 33.6 Å². The van der Waals surface area contributed by atoms with Crippen LogP contribution in [0.3, 0.4) is 0 Å². The minimum absolute atomic E-state index is 0.480. The van der Waals surface area contributed by atoms with E-state index in [0.717, 1.165) is 0 Å². The van der Waals surface area contributed by atoms with E-state index in [-0.39, 0.29) is 0 Å². The summed E-state index contributed by atoms with van der Waals surface area (Å²) < 4.78 is 0. The Morgan fingerprint density at radius 1 is 0.581 bits per heavy atom. The van der Waals surface area contributed by atoms with Crippen LogP contribution in [0.5, 0.6) is 0 Å². The predicted molar refractivity (Wildman–Crippen MR) is 133 cm³/mol. The molecule has 0 unspecified atom stereocenters. The molecule has 0 saturated heterocycles. The van der Waals surface area contributed by atoms with Crippen molar-refractivity contribution in [3.8, 4) is 0 Å². The Balaban J connectivity index is 0.00000166. The van der Waals surface area contributed by atoms with Gasteiger partial charge in [0.15, 0.2) is 0 Å². The summed E-state index contributed by atoms with van der Waals surface area (Å²) in [7, 11) is 4.58. The second kappa shape index (κ2) is 11.6. The van der Waals surface area contributed by atoms with Crippen LogP contribution in [-0.4, -0.2) is 0 Å². The first-order valence-electron chi connectivity index (χ1n) is 11.2. The van der Waals surface area contributed by atoms with Gasteiger partial charge < -0.3 is 9.80 Å². The van der Waals surface area contributed by atoms with Crippen molar-refractivity contribution in [2.24, 2.45) is 0 Å². The van der Waals surface area contributed by atoms with Gasteiger partial charge in [0.1, 0.15) is 0 Å². The molecule has 0 radical (unpaired) electrons. The molecule has 1 heterocycles. The Morgan fingerprint density at radius 2 is 0.839 bits per heavy atom. The van der Waals surface area contributed by atoms with E-state index < -0.39 is 0 Å². The maximum absolute atomic E-state index is 4.58. The molecule has 1 aliphatic heterocycles. The van der Waals surface area contributed by atoms with Crippen LogP contribution in [0.2, 0.25) is 0 Å². The minimum atomic E-state index is 0.480. The van der Waals surface area contributed by atoms with Crippen LogP contribution in [0.1, 0.15) is 101 Å². The van der Waals surface area contributed by atoms with Gasteiger partial charge in [0.2, 0.25) is 0 Å². The Labute approximate surface area is 206 Å². The molecule has 0 saturated carbocycles. The molecule has 0 aromatic heterocycles. The monoisotopic (exact) mass is 621 g/mol. The first-order valence-corrected chi connectivity index (χ1v) is 13.9. The van der Waals surface area contributed by atoms with Gasteiger partial charge in [-0.3, -0.25) is 0 Å². The Kier molecular flexibility index (Phi) is 9.76. The number of halogens is 1. The molecule has 174 valence electrons. The summed E-state index contributed by atoms with van der Waals surface area (Å²) in [5.74, 6) is 1.92. The van der Waals surface area contributed by atoms with Crippen LogP contribution in [0.15, 0.2) is 48.8 Å². The zero-order chi connectivity index (χ0) is 23.3. The van der Waals surface area contributed by atoms with Gasteiger partial charge in [0.05, 0.1) is 0 Å². The van der Waals surface area contributed by atoms with E-state index >= 15 is 0 Å². The van der Waals surface area contributed by atoms with E-state index in [1.807, 2.05) is 0 Å². The van der Waals surface area contributed by atoms with Gasteiger partial charge in [-0.15, -0.1) is 6.67 Å². The van der Waals surface area contributed by atoms with Gasteiger partial charge in [0.25, 0.3) is 0 Å². The quantitative estimate of drug-likeness (QED) is 0.235. The summed E-state index contributed by atoms with van der Waals surface area (Å²) in [5, 5.41) is 0. The molecule has 2 aromatic rings. The average Bonchev–Trinajstić information content (AvgIpc) is 3.23. The van der Waals surface area contributed by atoms with Gasteiger partial charge >= 0.3 is 29.2 Å². The molecule has 0 amide bonds. The van der Waals surface area contributed by atoms with E-state index in [1.54, 1.807) is 20.0 Å². The van der Waals surface area contributed by atoms with Gasteiger partial charge in [-0.05, 0) is 58.3 Å². The van der Waals surface area contributed by atoms with Gasteiger partial charge in [-0.2, -0.15) is 0 Å². The van der Waals surface area contributed by atoms with Gasteiger partial charge in [-0.1, -0.05) is 91.8 Å². The van der Waals surface area contributed by atoms with E-state index in [0.29, 0.717) is 23.7 Å². The summed E-state index contributed by atoms with van der Waals surface area (Å²) in [6.07, 6.45) is 4.43. The molecule has 31 heavy (non-hydrogen) atoms. The summed E-state index contributed by atoms with van der Waals surface area (Å²) in [6.45, 7) is 20.5. The number of para-hydroxylation sites is 2. The maximum atomic E-state index is 4.58. The Hall–Kier alpha value is -1.19. The van der Waals surface area contributed by atoms with Crippen molar-refractivity contribution in [2.75, 3.05) is 9.80 Å². The van der Waals surface area contributed by atoms with Gasteiger partial charge in [-0.25, -0.2) is 0 Å². The van der Waals surface area contributed by atoms with Crippen molar-refractivity contribution >= 4 is 20.6 Å². The zero-order valence-corrected chi connectivity index (χ0v) is 23.0. The molecular weight excluding hydrogens is 585 g/mol. The predicted octanol–water partition coefficient (Wildman–Crippen LogP) is 8.78. The van der Waals surface area contributed by atoms with Crippen LogP contribution < -0.4 is 9.80 Å². The third kappa shape index (κ3) is 5.79. The standard InChI is InChI=1S/C27H37N2.Au.ClH/c1-18(2)22-11-9-12-23(19(3)4)26(22)28-15-16-29(17-28)27-24(20(5)6)13-10-14-25(27)21(7)8;;/h9-21H,1-8H3;;1H/q-1;+1;/p-1. The summed E-state index contributed by atoms with van der Waals surface area (Å²) in [6, 6.07) is 13.5. The van der Waals surface area contributed by atoms with Crippen molar-refractivity contribution < 1.29 is 20.0 Å².